The maximum atomic E-state index is 14.1. The van der Waals surface area contributed by atoms with Gasteiger partial charge in [0.15, 0.2) is 0 Å². The van der Waals surface area contributed by atoms with Gasteiger partial charge in [-0.05, 0) is 31.2 Å². The monoisotopic (exact) mass is 433 g/mol. The summed E-state index contributed by atoms with van der Waals surface area (Å²) in [5.41, 5.74) is 1.71. The largest absolute Gasteiger partial charge is 0.486 e. The van der Waals surface area contributed by atoms with E-state index >= 15 is 0 Å². The molecule has 0 spiro atoms. The summed E-state index contributed by atoms with van der Waals surface area (Å²) in [5.74, 6) is -0.638. The van der Waals surface area contributed by atoms with Gasteiger partial charge in [-0.3, -0.25) is 4.79 Å². The number of aryl methyl sites for hydroxylation is 1. The number of hydrogen-bond donors (Lipinski definition) is 1. The molecule has 0 atom stereocenters. The molecule has 0 aliphatic heterocycles. The van der Waals surface area contributed by atoms with Crippen molar-refractivity contribution in [1.29, 1.82) is 0 Å². The molecule has 166 valence electrons. The zero-order valence-corrected chi connectivity index (χ0v) is 17.7. The van der Waals surface area contributed by atoms with Crippen LogP contribution in [0, 0.1) is 18.6 Å². The maximum absolute atomic E-state index is 14.1. The van der Waals surface area contributed by atoms with E-state index in [0.717, 1.165) is 12.1 Å². The van der Waals surface area contributed by atoms with Crippen molar-refractivity contribution < 1.29 is 28.2 Å². The van der Waals surface area contributed by atoms with E-state index in [2.05, 4.69) is 4.98 Å². The van der Waals surface area contributed by atoms with E-state index in [1.54, 1.807) is 26.3 Å². The number of rotatable bonds is 9. The second-order valence-corrected chi connectivity index (χ2v) is 7.12. The summed E-state index contributed by atoms with van der Waals surface area (Å²) >= 11 is 0. The molecular weight excluding hydrogens is 408 g/mol. The van der Waals surface area contributed by atoms with Crippen LogP contribution >= 0.6 is 0 Å². The molecule has 31 heavy (non-hydrogen) atoms. The predicted octanol–water partition coefficient (Wildman–Crippen LogP) is 2.91. The van der Waals surface area contributed by atoms with Crippen molar-refractivity contribution in [3.63, 3.8) is 0 Å². The van der Waals surface area contributed by atoms with E-state index in [-0.39, 0.29) is 31.2 Å². The molecule has 9 heteroatoms. The summed E-state index contributed by atoms with van der Waals surface area (Å²) in [6.45, 7) is 2.64. The smallest absolute Gasteiger partial charge is 0.253 e. The average molecular weight is 433 g/mol. The summed E-state index contributed by atoms with van der Waals surface area (Å²) in [5, 5.41) is 9.13. The second kappa shape index (κ2) is 9.84. The first kappa shape index (κ1) is 22.6. The molecule has 0 aliphatic rings. The number of nitrogens with zero attached hydrogens (tertiary/aromatic N) is 3. The van der Waals surface area contributed by atoms with Crippen LogP contribution in [0.25, 0.3) is 11.0 Å². The molecule has 0 bridgehead atoms. The molecule has 3 aromatic rings. The normalized spacial score (nSPS) is 11.2. The lowest BCUT2D eigenvalue weighted by atomic mass is 10.1. The number of fused-ring (bicyclic) bond motifs is 1. The third-order valence-electron chi connectivity index (χ3n) is 4.94. The van der Waals surface area contributed by atoms with Crippen LogP contribution in [0.5, 0.6) is 5.75 Å². The van der Waals surface area contributed by atoms with Crippen molar-refractivity contribution in [2.45, 2.75) is 20.1 Å². The van der Waals surface area contributed by atoms with E-state index in [4.69, 9.17) is 14.6 Å². The van der Waals surface area contributed by atoms with Gasteiger partial charge < -0.3 is 24.0 Å². The van der Waals surface area contributed by atoms with Gasteiger partial charge in [0.25, 0.3) is 5.91 Å². The lowest BCUT2D eigenvalue weighted by Crippen LogP contribution is -2.29. The number of likely N-dealkylation sites (N-methyl/N-ethyl adjacent to an activating group) is 1. The third-order valence-corrected chi connectivity index (χ3v) is 4.94. The van der Waals surface area contributed by atoms with Crippen LogP contribution in [-0.4, -0.2) is 59.4 Å². The van der Waals surface area contributed by atoms with Gasteiger partial charge in [0.1, 0.15) is 35.3 Å². The number of aliphatic hydroxyl groups excluding tert-OH is 1. The highest BCUT2D eigenvalue weighted by atomic mass is 19.1. The van der Waals surface area contributed by atoms with Crippen molar-refractivity contribution in [2.75, 3.05) is 33.9 Å². The standard InChI is InChI=1S/C22H25F2N3O4/c1-14-25-19-10-16(22(29)26(2)6-8-28)11-20(21(19)27(14)7-9-30-3)31-13-15-4-5-17(23)12-18(15)24/h4-5,10-12,28H,6-9,13H2,1-3H3. The molecule has 1 heterocycles. The summed E-state index contributed by atoms with van der Waals surface area (Å²) in [6, 6.07) is 6.51. The number of halogens is 2. The molecule has 0 saturated carbocycles. The molecule has 1 aromatic heterocycles. The number of imidazole rings is 1. The van der Waals surface area contributed by atoms with Crippen molar-refractivity contribution in [3.8, 4) is 5.75 Å². The number of aromatic nitrogens is 2. The zero-order chi connectivity index (χ0) is 22.5. The molecule has 1 amide bonds. The van der Waals surface area contributed by atoms with E-state index in [9.17, 15) is 13.6 Å². The molecule has 0 saturated heterocycles. The summed E-state index contributed by atoms with van der Waals surface area (Å²) in [7, 11) is 3.18. The second-order valence-electron chi connectivity index (χ2n) is 7.12. The van der Waals surface area contributed by atoms with Gasteiger partial charge in [0.2, 0.25) is 0 Å². The van der Waals surface area contributed by atoms with Gasteiger partial charge >= 0.3 is 0 Å². The van der Waals surface area contributed by atoms with Gasteiger partial charge in [-0.1, -0.05) is 0 Å². The van der Waals surface area contributed by atoms with Crippen molar-refractivity contribution >= 4 is 16.9 Å². The minimum Gasteiger partial charge on any atom is -0.486 e. The first-order valence-electron chi connectivity index (χ1n) is 9.78. The molecule has 1 N–H and O–H groups in total. The lowest BCUT2D eigenvalue weighted by molar-refractivity contribution is 0.0766. The maximum Gasteiger partial charge on any atom is 0.253 e. The molecule has 0 radical (unpaired) electrons. The van der Waals surface area contributed by atoms with Gasteiger partial charge in [-0.25, -0.2) is 13.8 Å². The highest BCUT2D eigenvalue weighted by Crippen LogP contribution is 2.30. The Kier molecular flexibility index (Phi) is 7.19. The predicted molar refractivity (Wildman–Crippen MR) is 111 cm³/mol. The Balaban J connectivity index is 2.04. The first-order chi connectivity index (χ1) is 14.8. The molecule has 0 aliphatic carbocycles. The van der Waals surface area contributed by atoms with E-state index < -0.39 is 11.6 Å². The Morgan fingerprint density at radius 1 is 1.26 bits per heavy atom. The fraction of sp³-hybridized carbons (Fsp3) is 0.364. The number of ether oxygens (including phenoxy) is 2. The minimum absolute atomic E-state index is 0.153. The zero-order valence-electron chi connectivity index (χ0n) is 17.7. The van der Waals surface area contributed by atoms with E-state index in [1.807, 2.05) is 11.5 Å². The molecule has 3 rings (SSSR count). The van der Waals surface area contributed by atoms with Crippen LogP contribution in [0.15, 0.2) is 30.3 Å². The lowest BCUT2D eigenvalue weighted by Gasteiger charge is -2.17. The van der Waals surface area contributed by atoms with Gasteiger partial charge in [0.05, 0.1) is 18.7 Å². The van der Waals surface area contributed by atoms with Crippen LogP contribution in [-0.2, 0) is 17.9 Å². The number of benzene rings is 2. The number of carbonyl (C=O) groups excluding carboxylic acids is 1. The Morgan fingerprint density at radius 3 is 2.71 bits per heavy atom. The SMILES string of the molecule is COCCn1c(C)nc2cc(C(=O)N(C)CCO)cc(OCc3ccc(F)cc3F)c21. The Morgan fingerprint density at radius 2 is 2.03 bits per heavy atom. The van der Waals surface area contributed by atoms with Crippen LogP contribution < -0.4 is 4.74 Å². The van der Waals surface area contributed by atoms with Crippen molar-refractivity contribution in [2.24, 2.45) is 0 Å². The highest BCUT2D eigenvalue weighted by Gasteiger charge is 2.20. The topological polar surface area (TPSA) is 76.8 Å². The van der Waals surface area contributed by atoms with E-state index in [1.165, 1.54) is 11.0 Å². The number of methoxy groups -OCH3 is 1. The molecule has 0 unspecified atom stereocenters. The number of hydrogen-bond acceptors (Lipinski definition) is 5. The van der Waals surface area contributed by atoms with Gasteiger partial charge in [-0.2, -0.15) is 0 Å². The fourth-order valence-electron chi connectivity index (χ4n) is 3.30. The summed E-state index contributed by atoms with van der Waals surface area (Å²) < 4.78 is 40.3. The van der Waals surface area contributed by atoms with Crippen molar-refractivity contribution in [1.82, 2.24) is 14.5 Å². The Bertz CT molecular complexity index is 1080. The number of aliphatic hydroxyl groups is 1. The van der Waals surface area contributed by atoms with Gasteiger partial charge in [0, 0.05) is 44.4 Å². The number of amides is 1. The molecular formula is C22H25F2N3O4. The molecule has 2 aromatic carbocycles. The Hall–Kier alpha value is -3.04. The number of carbonyl (C=O) groups is 1. The minimum atomic E-state index is -0.713. The summed E-state index contributed by atoms with van der Waals surface area (Å²) in [4.78, 5) is 18.7. The van der Waals surface area contributed by atoms with Crippen LogP contribution in [0.1, 0.15) is 21.7 Å². The van der Waals surface area contributed by atoms with Crippen LogP contribution in [0.4, 0.5) is 8.78 Å². The van der Waals surface area contributed by atoms with Crippen LogP contribution in [0.2, 0.25) is 0 Å². The van der Waals surface area contributed by atoms with Crippen LogP contribution in [0.3, 0.4) is 0 Å². The third kappa shape index (κ3) is 5.00. The quantitative estimate of drug-likeness (QED) is 0.562. The summed E-state index contributed by atoms with van der Waals surface area (Å²) in [6.07, 6.45) is 0. The average Bonchev–Trinajstić information content (AvgIpc) is 3.05. The first-order valence-corrected chi connectivity index (χ1v) is 9.78. The molecule has 0 fully saturated rings. The van der Waals surface area contributed by atoms with E-state index in [0.29, 0.717) is 41.3 Å². The van der Waals surface area contributed by atoms with Gasteiger partial charge in [-0.15, -0.1) is 0 Å². The van der Waals surface area contributed by atoms with Crippen molar-refractivity contribution in [3.05, 3.63) is 58.9 Å². The highest BCUT2D eigenvalue weighted by molar-refractivity contribution is 5.99. The Labute approximate surface area is 178 Å². The fourth-order valence-corrected chi connectivity index (χ4v) is 3.30. The molecule has 7 nitrogen and oxygen atoms in total.